The molecule has 6 heteroatoms. The Labute approximate surface area is 131 Å². The van der Waals surface area contributed by atoms with Crippen LogP contribution in [0.4, 0.5) is 0 Å². The number of nitrogens with zero attached hydrogens (tertiary/aromatic N) is 1. The number of amides is 1. The Morgan fingerprint density at radius 3 is 2.86 bits per heavy atom. The lowest BCUT2D eigenvalue weighted by Crippen LogP contribution is -2.31. The van der Waals surface area contributed by atoms with Gasteiger partial charge in [0.1, 0.15) is 17.6 Å². The van der Waals surface area contributed by atoms with E-state index in [4.69, 9.17) is 9.15 Å². The number of hydrogen-bond acceptors (Lipinski definition) is 5. The Bertz CT molecular complexity index is 760. The second-order valence-electron chi connectivity index (χ2n) is 4.92. The van der Waals surface area contributed by atoms with Crippen LogP contribution in [0.5, 0.6) is 0 Å². The van der Waals surface area contributed by atoms with Crippen molar-refractivity contribution < 1.29 is 13.9 Å². The fourth-order valence-corrected chi connectivity index (χ4v) is 3.06. The number of aryl methyl sites for hydroxylation is 1. The molecule has 1 atom stereocenters. The molecule has 0 aliphatic rings. The van der Waals surface area contributed by atoms with Crippen molar-refractivity contribution in [1.29, 1.82) is 0 Å². The molecule has 0 aliphatic heterocycles. The van der Waals surface area contributed by atoms with Crippen LogP contribution in [0.1, 0.15) is 27.4 Å². The van der Waals surface area contributed by atoms with Crippen LogP contribution in [0.15, 0.2) is 40.8 Å². The molecule has 2 heterocycles. The van der Waals surface area contributed by atoms with Gasteiger partial charge >= 0.3 is 0 Å². The molecule has 1 N–H and O–H groups in total. The van der Waals surface area contributed by atoms with E-state index in [1.165, 1.54) is 11.3 Å². The molecule has 0 bridgehead atoms. The molecule has 5 nitrogen and oxygen atoms in total. The predicted octanol–water partition coefficient (Wildman–Crippen LogP) is 3.32. The van der Waals surface area contributed by atoms with E-state index in [0.29, 0.717) is 17.4 Å². The number of furan rings is 1. The van der Waals surface area contributed by atoms with E-state index >= 15 is 0 Å². The van der Waals surface area contributed by atoms with Gasteiger partial charge in [0.05, 0.1) is 16.8 Å². The van der Waals surface area contributed by atoms with Crippen LogP contribution in [-0.4, -0.2) is 24.6 Å². The topological polar surface area (TPSA) is 64.4 Å². The summed E-state index contributed by atoms with van der Waals surface area (Å²) in [6.07, 6.45) is 0. The molecule has 3 aromatic rings. The summed E-state index contributed by atoms with van der Waals surface area (Å²) in [5.41, 5.74) is 0.829. The Morgan fingerprint density at radius 2 is 2.18 bits per heavy atom. The summed E-state index contributed by atoms with van der Waals surface area (Å²) >= 11 is 1.37. The van der Waals surface area contributed by atoms with Crippen molar-refractivity contribution in [3.05, 3.63) is 52.9 Å². The minimum absolute atomic E-state index is 0.225. The van der Waals surface area contributed by atoms with Gasteiger partial charge in [-0.2, -0.15) is 0 Å². The minimum Gasteiger partial charge on any atom is -0.464 e. The number of nitrogens with one attached hydrogen (secondary N) is 1. The molecule has 0 aliphatic carbocycles. The molecule has 2 aromatic heterocycles. The quantitative estimate of drug-likeness (QED) is 0.784. The summed E-state index contributed by atoms with van der Waals surface area (Å²) in [4.78, 5) is 16.8. The molecule has 0 fully saturated rings. The largest absolute Gasteiger partial charge is 0.464 e. The third-order valence-electron chi connectivity index (χ3n) is 3.23. The number of carbonyl (C=O) groups excluding carboxylic acids is 1. The maximum atomic E-state index is 12.4. The summed E-state index contributed by atoms with van der Waals surface area (Å²) < 4.78 is 11.7. The summed E-state index contributed by atoms with van der Waals surface area (Å²) in [5.74, 6) is 1.25. The average Bonchev–Trinajstić information content (AvgIpc) is 3.12. The number of benzene rings is 1. The van der Waals surface area contributed by atoms with Crippen molar-refractivity contribution in [2.45, 2.75) is 13.0 Å². The van der Waals surface area contributed by atoms with Gasteiger partial charge in [-0.15, -0.1) is 11.3 Å². The second kappa shape index (κ2) is 6.29. The lowest BCUT2D eigenvalue weighted by atomic mass is 10.2. The number of rotatable bonds is 5. The summed E-state index contributed by atoms with van der Waals surface area (Å²) in [6.45, 7) is 2.20. The zero-order valence-corrected chi connectivity index (χ0v) is 13.1. The first-order valence-electron chi connectivity index (χ1n) is 6.89. The number of aromatic nitrogens is 1. The highest BCUT2D eigenvalue weighted by molar-refractivity contribution is 7.20. The zero-order chi connectivity index (χ0) is 15.5. The highest BCUT2D eigenvalue weighted by Crippen LogP contribution is 2.23. The van der Waals surface area contributed by atoms with E-state index in [9.17, 15) is 4.79 Å². The fraction of sp³-hybridized carbons (Fsp3) is 0.250. The van der Waals surface area contributed by atoms with E-state index in [1.54, 1.807) is 7.11 Å². The van der Waals surface area contributed by atoms with Crippen molar-refractivity contribution in [1.82, 2.24) is 10.3 Å². The van der Waals surface area contributed by atoms with Crippen molar-refractivity contribution in [3.63, 3.8) is 0 Å². The molecule has 1 amide bonds. The van der Waals surface area contributed by atoms with Crippen LogP contribution < -0.4 is 5.32 Å². The SMILES string of the molecule is COCC(NC(=O)c1nc2ccccc2s1)c1ccc(C)o1. The standard InChI is InChI=1S/C16H16N2O3S/c1-10-7-8-13(21-10)12(9-20-2)17-15(19)16-18-11-5-3-4-6-14(11)22-16/h3-8,12H,9H2,1-2H3,(H,17,19). The van der Waals surface area contributed by atoms with Crippen LogP contribution in [0, 0.1) is 6.92 Å². The zero-order valence-electron chi connectivity index (χ0n) is 12.3. The van der Waals surface area contributed by atoms with E-state index in [0.717, 1.165) is 16.0 Å². The molecule has 114 valence electrons. The van der Waals surface area contributed by atoms with Gasteiger partial charge in [0.15, 0.2) is 5.01 Å². The van der Waals surface area contributed by atoms with Gasteiger partial charge in [0, 0.05) is 7.11 Å². The highest BCUT2D eigenvalue weighted by Gasteiger charge is 2.20. The molecule has 0 radical (unpaired) electrons. The van der Waals surface area contributed by atoms with Gasteiger partial charge in [-0.3, -0.25) is 4.79 Å². The lowest BCUT2D eigenvalue weighted by Gasteiger charge is -2.14. The average molecular weight is 316 g/mol. The van der Waals surface area contributed by atoms with Crippen molar-refractivity contribution in [3.8, 4) is 0 Å². The Kier molecular flexibility index (Phi) is 4.22. The molecule has 22 heavy (non-hydrogen) atoms. The molecule has 1 unspecified atom stereocenters. The Morgan fingerprint density at radius 1 is 1.36 bits per heavy atom. The van der Waals surface area contributed by atoms with Gasteiger partial charge < -0.3 is 14.5 Å². The highest BCUT2D eigenvalue weighted by atomic mass is 32.1. The summed E-state index contributed by atoms with van der Waals surface area (Å²) in [6, 6.07) is 11.1. The molecule has 3 rings (SSSR count). The first-order chi connectivity index (χ1) is 10.7. The molecular formula is C16H16N2O3S. The monoisotopic (exact) mass is 316 g/mol. The maximum Gasteiger partial charge on any atom is 0.280 e. The number of thiazole rings is 1. The van der Waals surface area contributed by atoms with Crippen LogP contribution in [0.3, 0.4) is 0 Å². The molecule has 0 saturated heterocycles. The van der Waals surface area contributed by atoms with Crippen LogP contribution in [-0.2, 0) is 4.74 Å². The third kappa shape index (κ3) is 3.03. The maximum absolute atomic E-state index is 12.4. The van der Waals surface area contributed by atoms with Gasteiger partial charge in [0.2, 0.25) is 0 Å². The fourth-order valence-electron chi connectivity index (χ4n) is 2.19. The van der Waals surface area contributed by atoms with Gasteiger partial charge in [-0.05, 0) is 31.2 Å². The molecular weight excluding hydrogens is 300 g/mol. The minimum atomic E-state index is -0.335. The number of ether oxygens (including phenoxy) is 1. The molecule has 1 aromatic carbocycles. The normalized spacial score (nSPS) is 12.5. The number of carbonyl (C=O) groups is 1. The number of fused-ring (bicyclic) bond motifs is 1. The third-order valence-corrected chi connectivity index (χ3v) is 4.27. The lowest BCUT2D eigenvalue weighted by molar-refractivity contribution is 0.0882. The van der Waals surface area contributed by atoms with E-state index in [2.05, 4.69) is 10.3 Å². The first-order valence-corrected chi connectivity index (χ1v) is 7.70. The van der Waals surface area contributed by atoms with Gasteiger partial charge in [-0.25, -0.2) is 4.98 Å². The van der Waals surface area contributed by atoms with E-state index in [1.807, 2.05) is 43.3 Å². The van der Waals surface area contributed by atoms with Crippen molar-refractivity contribution in [2.75, 3.05) is 13.7 Å². The number of methoxy groups -OCH3 is 1. The van der Waals surface area contributed by atoms with Crippen LogP contribution in [0.2, 0.25) is 0 Å². The Hall–Kier alpha value is -2.18. The summed E-state index contributed by atoms with van der Waals surface area (Å²) in [7, 11) is 1.59. The number of hydrogen-bond donors (Lipinski definition) is 1. The van der Waals surface area contributed by atoms with Gasteiger partial charge in [-0.1, -0.05) is 12.1 Å². The smallest absolute Gasteiger partial charge is 0.280 e. The van der Waals surface area contributed by atoms with Crippen molar-refractivity contribution >= 4 is 27.5 Å². The molecule has 0 spiro atoms. The summed E-state index contributed by atoms with van der Waals surface area (Å²) in [5, 5.41) is 3.35. The van der Waals surface area contributed by atoms with Crippen LogP contribution in [0.25, 0.3) is 10.2 Å². The van der Waals surface area contributed by atoms with Crippen LogP contribution >= 0.6 is 11.3 Å². The predicted molar refractivity (Wildman–Crippen MR) is 85.1 cm³/mol. The molecule has 0 saturated carbocycles. The Balaban J connectivity index is 1.81. The van der Waals surface area contributed by atoms with E-state index < -0.39 is 0 Å². The van der Waals surface area contributed by atoms with E-state index in [-0.39, 0.29) is 11.9 Å². The number of para-hydroxylation sites is 1. The van der Waals surface area contributed by atoms with Crippen molar-refractivity contribution in [2.24, 2.45) is 0 Å². The first kappa shape index (κ1) is 14.7. The second-order valence-corrected chi connectivity index (χ2v) is 5.95. The van der Waals surface area contributed by atoms with Gasteiger partial charge in [0.25, 0.3) is 5.91 Å².